The number of nitrogens with zero attached hydrogens (tertiary/aromatic N) is 1. The van der Waals surface area contributed by atoms with Crippen LogP contribution in [0, 0.1) is 6.92 Å². The normalized spacial score (nSPS) is 11.3. The predicted molar refractivity (Wildman–Crippen MR) is 157 cm³/mol. The molecule has 0 radical (unpaired) electrons. The van der Waals surface area contributed by atoms with Crippen molar-refractivity contribution in [1.82, 2.24) is 4.57 Å². The van der Waals surface area contributed by atoms with E-state index in [1.165, 1.54) is 54.8 Å². The van der Waals surface area contributed by atoms with Gasteiger partial charge in [0.1, 0.15) is 0 Å². The van der Waals surface area contributed by atoms with Gasteiger partial charge in [-0.3, -0.25) is 0 Å². The molecule has 0 saturated heterocycles. The number of aromatic nitrogens is 1. The average molecular weight is 482 g/mol. The number of hydrogen-bond acceptors (Lipinski definition) is 0. The van der Waals surface area contributed by atoms with Crippen LogP contribution in [-0.4, -0.2) is 4.57 Å². The first kappa shape index (κ1) is 22.5. The van der Waals surface area contributed by atoms with Crippen LogP contribution in [-0.2, 0) is 7.05 Å². The Labute approximate surface area is 214 Å². The van der Waals surface area contributed by atoms with Crippen molar-refractivity contribution in [1.29, 1.82) is 0 Å². The van der Waals surface area contributed by atoms with Gasteiger partial charge in [0, 0.05) is 29.1 Å². The summed E-state index contributed by atoms with van der Waals surface area (Å²) in [5.41, 5.74) is 7.66. The van der Waals surface area contributed by atoms with E-state index < -0.39 is 7.92 Å². The molecule has 0 fully saturated rings. The number of para-hydroxylation sites is 1. The minimum Gasteiger partial charge on any atom is -0.343 e. The molecule has 1 aromatic heterocycles. The van der Waals surface area contributed by atoms with Gasteiger partial charge in [0.25, 0.3) is 0 Å². The smallest absolute Gasteiger partial charge is 0.0575 e. The summed E-state index contributed by atoms with van der Waals surface area (Å²) in [6.45, 7) is 2.15. The highest BCUT2D eigenvalue weighted by Gasteiger charge is 2.24. The van der Waals surface area contributed by atoms with Crippen molar-refractivity contribution in [3.05, 3.63) is 139 Å². The zero-order valence-corrected chi connectivity index (χ0v) is 21.5. The molecule has 6 rings (SSSR count). The summed E-state index contributed by atoms with van der Waals surface area (Å²) in [5.74, 6) is 0. The molecule has 0 amide bonds. The van der Waals surface area contributed by atoms with E-state index in [2.05, 4.69) is 152 Å². The maximum Gasteiger partial charge on any atom is 0.0575 e. The van der Waals surface area contributed by atoms with E-state index in [-0.39, 0.29) is 0 Å². The van der Waals surface area contributed by atoms with Gasteiger partial charge < -0.3 is 4.57 Å². The van der Waals surface area contributed by atoms with E-state index in [1.54, 1.807) is 0 Å². The maximum atomic E-state index is 2.38. The topological polar surface area (TPSA) is 4.93 Å². The van der Waals surface area contributed by atoms with Gasteiger partial charge in [0.2, 0.25) is 0 Å². The Kier molecular flexibility index (Phi) is 6.01. The molecule has 6 aromatic rings. The molecule has 174 valence electrons. The standard InChI is InChI=1S/C34H28NP/c1-25-21-23-26(24-22-25)33-29-17-9-11-19-31(29)35(2)34(33)30-18-10-12-20-32(30)36(27-13-5-3-6-14-27)28-15-7-4-8-16-28/h3-24H,1-2H3. The van der Waals surface area contributed by atoms with Crippen molar-refractivity contribution < 1.29 is 0 Å². The molecule has 0 bridgehead atoms. The Morgan fingerprint density at radius 2 is 1.11 bits per heavy atom. The van der Waals surface area contributed by atoms with Crippen LogP contribution in [0.15, 0.2) is 133 Å². The second-order valence-electron chi connectivity index (χ2n) is 9.19. The minimum absolute atomic E-state index is 0.732. The number of benzene rings is 5. The summed E-state index contributed by atoms with van der Waals surface area (Å²) < 4.78 is 2.38. The summed E-state index contributed by atoms with van der Waals surface area (Å²) in [5, 5.41) is 5.39. The lowest BCUT2D eigenvalue weighted by Crippen LogP contribution is -2.22. The molecule has 0 aliphatic heterocycles. The zero-order valence-electron chi connectivity index (χ0n) is 20.6. The summed E-state index contributed by atoms with van der Waals surface area (Å²) in [6, 6.07) is 48.7. The second-order valence-corrected chi connectivity index (χ2v) is 11.4. The molecule has 0 N–H and O–H groups in total. The number of hydrogen-bond donors (Lipinski definition) is 0. The van der Waals surface area contributed by atoms with Crippen molar-refractivity contribution in [3.8, 4) is 22.4 Å². The molecule has 2 heteroatoms. The van der Waals surface area contributed by atoms with Crippen molar-refractivity contribution in [2.75, 3.05) is 0 Å². The van der Waals surface area contributed by atoms with Crippen molar-refractivity contribution >= 4 is 34.7 Å². The number of fused-ring (bicyclic) bond motifs is 1. The van der Waals surface area contributed by atoms with Crippen LogP contribution in [0.1, 0.15) is 5.56 Å². The van der Waals surface area contributed by atoms with Crippen LogP contribution >= 0.6 is 7.92 Å². The van der Waals surface area contributed by atoms with Gasteiger partial charge in [-0.25, -0.2) is 0 Å². The van der Waals surface area contributed by atoms with Gasteiger partial charge in [0.15, 0.2) is 0 Å². The van der Waals surface area contributed by atoms with Crippen LogP contribution in [0.5, 0.6) is 0 Å². The minimum atomic E-state index is -0.732. The highest BCUT2D eigenvalue weighted by atomic mass is 31.1. The monoisotopic (exact) mass is 481 g/mol. The van der Waals surface area contributed by atoms with E-state index in [9.17, 15) is 0 Å². The molecule has 0 saturated carbocycles. The van der Waals surface area contributed by atoms with E-state index >= 15 is 0 Å². The molecule has 0 unspecified atom stereocenters. The highest BCUT2D eigenvalue weighted by molar-refractivity contribution is 7.80. The van der Waals surface area contributed by atoms with Crippen LogP contribution in [0.25, 0.3) is 33.3 Å². The summed E-state index contributed by atoms with van der Waals surface area (Å²) in [4.78, 5) is 0. The molecule has 5 aromatic carbocycles. The van der Waals surface area contributed by atoms with Crippen molar-refractivity contribution in [3.63, 3.8) is 0 Å². The lowest BCUT2D eigenvalue weighted by atomic mass is 9.97. The fourth-order valence-corrected chi connectivity index (χ4v) is 7.62. The fraction of sp³-hybridized carbons (Fsp3) is 0.0588. The van der Waals surface area contributed by atoms with E-state index in [4.69, 9.17) is 0 Å². The third-order valence-electron chi connectivity index (χ3n) is 6.88. The van der Waals surface area contributed by atoms with E-state index in [1.807, 2.05) is 0 Å². The largest absolute Gasteiger partial charge is 0.343 e. The molecule has 36 heavy (non-hydrogen) atoms. The van der Waals surface area contributed by atoms with E-state index in [0.29, 0.717) is 0 Å². The predicted octanol–water partition coefficient (Wildman–Crippen LogP) is 7.58. The first-order valence-electron chi connectivity index (χ1n) is 12.4. The SMILES string of the molecule is Cc1ccc(-c2c(-c3ccccc3P(c3ccccc3)c3ccccc3)n(C)c3ccccc23)cc1. The summed E-state index contributed by atoms with van der Waals surface area (Å²) >= 11 is 0. The third kappa shape index (κ3) is 3.96. The zero-order chi connectivity index (χ0) is 24.5. The first-order valence-corrected chi connectivity index (χ1v) is 13.7. The number of rotatable bonds is 5. The average Bonchev–Trinajstić information content (AvgIpc) is 3.23. The van der Waals surface area contributed by atoms with E-state index in [0.717, 1.165) is 0 Å². The fourth-order valence-electron chi connectivity index (χ4n) is 5.17. The Balaban J connectivity index is 1.67. The molecular formula is C34H28NP. The Hall–Kier alpha value is -3.93. The molecule has 0 spiro atoms. The number of aryl methyl sites for hydroxylation is 2. The van der Waals surface area contributed by atoms with Crippen LogP contribution in [0.2, 0.25) is 0 Å². The lowest BCUT2D eigenvalue weighted by Gasteiger charge is -2.23. The van der Waals surface area contributed by atoms with Gasteiger partial charge in [-0.1, -0.05) is 133 Å². The molecular weight excluding hydrogens is 453 g/mol. The third-order valence-corrected chi connectivity index (χ3v) is 9.38. The maximum absolute atomic E-state index is 2.38. The Bertz CT molecular complexity index is 1590. The quantitative estimate of drug-likeness (QED) is 0.224. The molecule has 0 atom stereocenters. The summed E-state index contributed by atoms with van der Waals surface area (Å²) in [7, 11) is 1.48. The van der Waals surface area contributed by atoms with Crippen LogP contribution in [0.4, 0.5) is 0 Å². The molecule has 0 aliphatic rings. The van der Waals surface area contributed by atoms with Crippen LogP contribution in [0.3, 0.4) is 0 Å². The van der Waals surface area contributed by atoms with Gasteiger partial charge in [-0.05, 0) is 42.4 Å². The Morgan fingerprint density at radius 1 is 0.556 bits per heavy atom. The Morgan fingerprint density at radius 3 is 1.78 bits per heavy atom. The second kappa shape index (κ2) is 9.61. The van der Waals surface area contributed by atoms with Crippen molar-refractivity contribution in [2.45, 2.75) is 6.92 Å². The molecule has 1 nitrogen and oxygen atoms in total. The first-order chi connectivity index (χ1) is 17.7. The highest BCUT2D eigenvalue weighted by Crippen LogP contribution is 2.43. The molecule has 0 aliphatic carbocycles. The van der Waals surface area contributed by atoms with Gasteiger partial charge in [0.05, 0.1) is 5.69 Å². The summed E-state index contributed by atoms with van der Waals surface area (Å²) in [6.07, 6.45) is 0. The molecule has 1 heterocycles. The van der Waals surface area contributed by atoms with Crippen molar-refractivity contribution in [2.24, 2.45) is 7.05 Å². The van der Waals surface area contributed by atoms with Crippen LogP contribution < -0.4 is 15.9 Å². The lowest BCUT2D eigenvalue weighted by molar-refractivity contribution is 0.980. The van der Waals surface area contributed by atoms with Gasteiger partial charge in [-0.15, -0.1) is 0 Å². The van der Waals surface area contributed by atoms with Gasteiger partial charge >= 0.3 is 0 Å². The van der Waals surface area contributed by atoms with Gasteiger partial charge in [-0.2, -0.15) is 0 Å².